The van der Waals surface area contributed by atoms with Gasteiger partial charge in [0.1, 0.15) is 6.54 Å². The van der Waals surface area contributed by atoms with Gasteiger partial charge < -0.3 is 20.2 Å². The van der Waals surface area contributed by atoms with Gasteiger partial charge in [-0.15, -0.1) is 0 Å². The van der Waals surface area contributed by atoms with Crippen molar-refractivity contribution in [3.63, 3.8) is 0 Å². The van der Waals surface area contributed by atoms with Crippen molar-refractivity contribution in [3.8, 4) is 0 Å². The lowest BCUT2D eigenvalue weighted by Crippen LogP contribution is -2.56. The molecule has 0 aliphatic carbocycles. The summed E-state index contributed by atoms with van der Waals surface area (Å²) in [6, 6.07) is 7.05. The highest BCUT2D eigenvalue weighted by molar-refractivity contribution is 6.35. The van der Waals surface area contributed by atoms with Gasteiger partial charge in [0, 0.05) is 19.6 Å². The number of piperazine rings is 1. The molecule has 1 aromatic rings. The Balaban J connectivity index is 2.00. The Hall–Kier alpha value is -2.90. The smallest absolute Gasteiger partial charge is 0.330 e. The minimum atomic E-state index is -1.21. The van der Waals surface area contributed by atoms with Gasteiger partial charge in [0.15, 0.2) is 6.04 Å². The Morgan fingerprint density at radius 1 is 1.12 bits per heavy atom. The fourth-order valence-corrected chi connectivity index (χ4v) is 2.48. The fraction of sp³-hybridized carbons (Fsp3) is 0.375. The first-order chi connectivity index (χ1) is 11.4. The zero-order valence-electron chi connectivity index (χ0n) is 13.3. The molecule has 0 spiro atoms. The Bertz CT molecular complexity index is 646. The molecule has 1 saturated heterocycles. The highest BCUT2D eigenvalue weighted by Crippen LogP contribution is 2.13. The predicted molar refractivity (Wildman–Crippen MR) is 83.8 cm³/mol. The Morgan fingerprint density at radius 2 is 1.71 bits per heavy atom. The van der Waals surface area contributed by atoms with Crippen molar-refractivity contribution in [2.75, 3.05) is 26.2 Å². The van der Waals surface area contributed by atoms with Gasteiger partial charge in [-0.3, -0.25) is 14.4 Å². The first kappa shape index (κ1) is 17.5. The van der Waals surface area contributed by atoms with E-state index in [2.05, 4.69) is 5.32 Å². The van der Waals surface area contributed by atoms with Crippen molar-refractivity contribution < 1.29 is 24.3 Å². The zero-order valence-corrected chi connectivity index (χ0v) is 13.3. The van der Waals surface area contributed by atoms with Crippen LogP contribution in [0.3, 0.4) is 0 Å². The van der Waals surface area contributed by atoms with E-state index in [0.29, 0.717) is 18.7 Å². The summed E-state index contributed by atoms with van der Waals surface area (Å²) < 4.78 is 0. The van der Waals surface area contributed by atoms with E-state index in [-0.39, 0.29) is 13.1 Å². The monoisotopic (exact) mass is 333 g/mol. The molecule has 0 bridgehead atoms. The molecule has 8 heteroatoms. The summed E-state index contributed by atoms with van der Waals surface area (Å²) in [6.45, 7) is 2.45. The number of carboxylic acids is 1. The van der Waals surface area contributed by atoms with Gasteiger partial charge in [0.25, 0.3) is 0 Å². The summed E-state index contributed by atoms with van der Waals surface area (Å²) >= 11 is 0. The molecule has 8 nitrogen and oxygen atoms in total. The number of hydrogen-bond acceptors (Lipinski definition) is 4. The van der Waals surface area contributed by atoms with Gasteiger partial charge in [0.2, 0.25) is 5.91 Å². The minimum Gasteiger partial charge on any atom is -0.479 e. The summed E-state index contributed by atoms with van der Waals surface area (Å²) in [5.41, 5.74) is 0.427. The van der Waals surface area contributed by atoms with E-state index in [9.17, 15) is 24.3 Å². The highest BCUT2D eigenvalue weighted by atomic mass is 16.4. The second kappa shape index (κ2) is 7.58. The van der Waals surface area contributed by atoms with Crippen molar-refractivity contribution in [3.05, 3.63) is 35.9 Å². The van der Waals surface area contributed by atoms with E-state index in [1.807, 2.05) is 0 Å². The van der Waals surface area contributed by atoms with Gasteiger partial charge in [0.05, 0.1) is 0 Å². The standard InChI is InChI=1S/C16H19N3O5/c1-2-18-8-9-19(15(22)14(18)21)10-12(20)17-13(16(23)24)11-6-4-3-5-7-11/h3-7,13H,2,8-10H2,1H3,(H,17,20)(H,23,24)/t13-/m1/s1. The van der Waals surface area contributed by atoms with E-state index in [1.54, 1.807) is 37.3 Å². The fourth-order valence-electron chi connectivity index (χ4n) is 2.48. The van der Waals surface area contributed by atoms with Crippen molar-refractivity contribution in [1.82, 2.24) is 15.1 Å². The molecule has 0 aromatic heterocycles. The number of aliphatic carboxylic acids is 1. The predicted octanol–water partition coefficient (Wildman–Crippen LogP) is -0.381. The van der Waals surface area contributed by atoms with Crippen molar-refractivity contribution in [2.24, 2.45) is 0 Å². The first-order valence-corrected chi connectivity index (χ1v) is 7.59. The molecule has 1 heterocycles. The van der Waals surface area contributed by atoms with Gasteiger partial charge in [-0.25, -0.2) is 4.79 Å². The maximum atomic E-state index is 12.1. The van der Waals surface area contributed by atoms with Crippen LogP contribution in [0, 0.1) is 0 Å². The molecule has 1 atom stereocenters. The highest BCUT2D eigenvalue weighted by Gasteiger charge is 2.33. The number of likely N-dealkylation sites (N-methyl/N-ethyl adjacent to an activating group) is 1. The zero-order chi connectivity index (χ0) is 17.7. The number of carboxylic acid groups (broad SMARTS) is 1. The second-order valence-electron chi connectivity index (χ2n) is 5.36. The van der Waals surface area contributed by atoms with Gasteiger partial charge >= 0.3 is 17.8 Å². The molecule has 0 unspecified atom stereocenters. The van der Waals surface area contributed by atoms with E-state index < -0.39 is 29.7 Å². The molecule has 1 aliphatic rings. The summed E-state index contributed by atoms with van der Waals surface area (Å²) in [5, 5.41) is 11.7. The first-order valence-electron chi connectivity index (χ1n) is 7.59. The summed E-state index contributed by atoms with van der Waals surface area (Å²) in [5.74, 6) is -3.22. The summed E-state index contributed by atoms with van der Waals surface area (Å²) in [4.78, 5) is 49.8. The molecule has 2 rings (SSSR count). The van der Waals surface area contributed by atoms with E-state index in [0.717, 1.165) is 4.90 Å². The molecular formula is C16H19N3O5. The van der Waals surface area contributed by atoms with Crippen LogP contribution < -0.4 is 5.32 Å². The van der Waals surface area contributed by atoms with Gasteiger partial charge in [-0.1, -0.05) is 30.3 Å². The Kier molecular flexibility index (Phi) is 5.51. The van der Waals surface area contributed by atoms with E-state index in [4.69, 9.17) is 0 Å². The Morgan fingerprint density at radius 3 is 2.29 bits per heavy atom. The van der Waals surface area contributed by atoms with Crippen LogP contribution in [-0.4, -0.2) is 64.8 Å². The number of carbonyl (C=O) groups excluding carboxylic acids is 3. The molecule has 1 aromatic carbocycles. The largest absolute Gasteiger partial charge is 0.479 e. The third-order valence-corrected chi connectivity index (χ3v) is 3.80. The molecule has 0 radical (unpaired) electrons. The van der Waals surface area contributed by atoms with Gasteiger partial charge in [-0.2, -0.15) is 0 Å². The average Bonchev–Trinajstić information content (AvgIpc) is 2.57. The minimum absolute atomic E-state index is 0.245. The molecule has 1 fully saturated rings. The molecule has 0 saturated carbocycles. The summed E-state index contributed by atoms with van der Waals surface area (Å²) in [6.07, 6.45) is 0. The van der Waals surface area contributed by atoms with Crippen molar-refractivity contribution in [1.29, 1.82) is 0 Å². The topological polar surface area (TPSA) is 107 Å². The lowest BCUT2D eigenvalue weighted by Gasteiger charge is -2.32. The van der Waals surface area contributed by atoms with Crippen LogP contribution in [0.1, 0.15) is 18.5 Å². The molecule has 2 N–H and O–H groups in total. The Labute approximate surface area is 139 Å². The van der Waals surface area contributed by atoms with Crippen LogP contribution in [-0.2, 0) is 19.2 Å². The average molecular weight is 333 g/mol. The number of hydrogen-bond donors (Lipinski definition) is 2. The lowest BCUT2D eigenvalue weighted by molar-refractivity contribution is -0.156. The van der Waals surface area contributed by atoms with Crippen LogP contribution in [0.15, 0.2) is 30.3 Å². The van der Waals surface area contributed by atoms with Crippen molar-refractivity contribution in [2.45, 2.75) is 13.0 Å². The molecule has 1 aliphatic heterocycles. The van der Waals surface area contributed by atoms with Crippen LogP contribution in [0.5, 0.6) is 0 Å². The summed E-state index contributed by atoms with van der Waals surface area (Å²) in [7, 11) is 0. The number of nitrogens with one attached hydrogen (secondary N) is 1. The quantitative estimate of drug-likeness (QED) is 0.690. The maximum Gasteiger partial charge on any atom is 0.330 e. The van der Waals surface area contributed by atoms with E-state index in [1.165, 1.54) is 4.90 Å². The lowest BCUT2D eigenvalue weighted by atomic mass is 10.1. The molecule has 3 amide bonds. The number of benzene rings is 1. The third-order valence-electron chi connectivity index (χ3n) is 3.80. The van der Waals surface area contributed by atoms with Gasteiger partial charge in [-0.05, 0) is 12.5 Å². The molecule has 24 heavy (non-hydrogen) atoms. The van der Waals surface area contributed by atoms with Crippen molar-refractivity contribution >= 4 is 23.7 Å². The number of carbonyl (C=O) groups is 4. The van der Waals surface area contributed by atoms with Crippen LogP contribution in [0.2, 0.25) is 0 Å². The number of rotatable bonds is 6. The maximum absolute atomic E-state index is 12.1. The van der Waals surface area contributed by atoms with E-state index >= 15 is 0 Å². The molecular weight excluding hydrogens is 314 g/mol. The molecule has 128 valence electrons. The van der Waals surface area contributed by atoms with Crippen LogP contribution in [0.4, 0.5) is 0 Å². The normalized spacial score (nSPS) is 16.0. The number of nitrogens with zero attached hydrogens (tertiary/aromatic N) is 2. The second-order valence-corrected chi connectivity index (χ2v) is 5.36. The van der Waals surface area contributed by atoms with Crippen LogP contribution in [0.25, 0.3) is 0 Å². The SMILES string of the molecule is CCN1CCN(CC(=O)N[C@@H](C(=O)O)c2ccccc2)C(=O)C1=O. The number of amides is 3. The van der Waals surface area contributed by atoms with Crippen LogP contribution >= 0.6 is 0 Å². The third kappa shape index (κ3) is 3.89.